The predicted molar refractivity (Wildman–Crippen MR) is 65.2 cm³/mol. The number of halogens is 2. The van der Waals surface area contributed by atoms with Gasteiger partial charge in [-0.2, -0.15) is 0 Å². The van der Waals surface area contributed by atoms with Gasteiger partial charge in [-0.15, -0.1) is 0 Å². The summed E-state index contributed by atoms with van der Waals surface area (Å²) in [5, 5.41) is 0. The average Bonchev–Trinajstić information content (AvgIpc) is 1.85. The Kier molecular flexibility index (Phi) is 7.76. The summed E-state index contributed by atoms with van der Waals surface area (Å²) in [4.78, 5) is 0. The lowest BCUT2D eigenvalue weighted by atomic mass is 10.2. The van der Waals surface area contributed by atoms with E-state index in [0.717, 1.165) is 19.3 Å². The van der Waals surface area contributed by atoms with Crippen LogP contribution >= 0.6 is 43.8 Å². The van der Waals surface area contributed by atoms with Gasteiger partial charge in [-0.3, -0.25) is 0 Å². The molecule has 0 unspecified atom stereocenters. The molecule has 0 heterocycles. The maximum absolute atomic E-state index is 10.6. The monoisotopic (exact) mass is 402 g/mol. The summed E-state index contributed by atoms with van der Waals surface area (Å²) in [7, 11) is -2.74. The molecule has 0 atom stereocenters. The molecule has 0 saturated carbocycles. The number of rotatable bonds is 6. The van der Waals surface area contributed by atoms with Gasteiger partial charge in [-0.1, -0.05) is 35.4 Å². The molecule has 0 aromatic heterocycles. The van der Waals surface area contributed by atoms with Gasteiger partial charge < -0.3 is 0 Å². The lowest BCUT2D eigenvalue weighted by Crippen LogP contribution is -1.95. The Morgan fingerprint density at radius 3 is 2.00 bits per heavy atom. The highest BCUT2D eigenvalue weighted by molar-refractivity contribution is 14.2. The zero-order valence-electron chi connectivity index (χ0n) is 6.22. The molecule has 0 aliphatic heterocycles. The SMILES string of the molecule is O=S(=O)(I)CCCCCCI. The van der Waals surface area contributed by atoms with Crippen molar-refractivity contribution in [2.75, 3.05) is 10.2 Å². The third-order valence-corrected chi connectivity index (χ3v) is 4.13. The first-order valence-electron chi connectivity index (χ1n) is 3.54. The van der Waals surface area contributed by atoms with Crippen LogP contribution in [0.25, 0.3) is 0 Å². The van der Waals surface area contributed by atoms with Crippen molar-refractivity contribution in [2.24, 2.45) is 0 Å². The van der Waals surface area contributed by atoms with E-state index in [4.69, 9.17) is 0 Å². The van der Waals surface area contributed by atoms with Crippen LogP contribution in [0.15, 0.2) is 0 Å². The fraction of sp³-hybridized carbons (Fsp3) is 1.00. The second-order valence-corrected chi connectivity index (χ2v) is 8.94. The topological polar surface area (TPSA) is 34.1 Å². The first kappa shape index (κ1) is 12.4. The Labute approximate surface area is 94.2 Å². The van der Waals surface area contributed by atoms with Crippen LogP contribution < -0.4 is 0 Å². The summed E-state index contributed by atoms with van der Waals surface area (Å²) in [6, 6.07) is 0. The maximum Gasteiger partial charge on any atom is 0.203 e. The van der Waals surface area contributed by atoms with E-state index in [9.17, 15) is 8.42 Å². The van der Waals surface area contributed by atoms with E-state index in [-0.39, 0.29) is 0 Å². The van der Waals surface area contributed by atoms with Gasteiger partial charge >= 0.3 is 0 Å². The Bertz CT molecular complexity index is 177. The molecule has 11 heavy (non-hydrogen) atoms. The highest BCUT2D eigenvalue weighted by atomic mass is 127. The van der Waals surface area contributed by atoms with Gasteiger partial charge in [0.1, 0.15) is 0 Å². The van der Waals surface area contributed by atoms with Gasteiger partial charge in [0.15, 0.2) is 0 Å². The van der Waals surface area contributed by atoms with E-state index in [2.05, 4.69) is 22.6 Å². The van der Waals surface area contributed by atoms with Gasteiger partial charge in [-0.25, -0.2) is 8.42 Å². The quantitative estimate of drug-likeness (QED) is 0.297. The zero-order valence-corrected chi connectivity index (χ0v) is 11.4. The third-order valence-electron chi connectivity index (χ3n) is 1.27. The average molecular weight is 402 g/mol. The third kappa shape index (κ3) is 11.4. The molecule has 0 aliphatic carbocycles. The number of alkyl halides is 1. The van der Waals surface area contributed by atoms with Crippen LogP contribution in [-0.2, 0) is 7.01 Å². The Hall–Kier alpha value is 1.41. The van der Waals surface area contributed by atoms with Crippen molar-refractivity contribution in [1.29, 1.82) is 0 Å². The smallest absolute Gasteiger partial charge is 0.203 e. The fourth-order valence-corrected chi connectivity index (χ4v) is 2.75. The molecule has 0 spiro atoms. The van der Waals surface area contributed by atoms with E-state index in [1.54, 1.807) is 0 Å². The van der Waals surface area contributed by atoms with E-state index >= 15 is 0 Å². The van der Waals surface area contributed by atoms with Crippen molar-refractivity contribution in [3.05, 3.63) is 0 Å². The van der Waals surface area contributed by atoms with E-state index in [1.807, 2.05) is 0 Å². The van der Waals surface area contributed by atoms with E-state index in [1.165, 1.54) is 32.1 Å². The minimum Gasteiger partial charge on any atom is -0.218 e. The molecular weight excluding hydrogens is 390 g/mol. The molecule has 2 nitrogen and oxygen atoms in total. The standard InChI is InChI=1S/C6H12I2O2S/c7-5-3-1-2-4-6-11(8,9)10/h1-6H2. The van der Waals surface area contributed by atoms with E-state index < -0.39 is 7.01 Å². The molecule has 0 aromatic rings. The number of unbranched alkanes of at least 4 members (excludes halogenated alkanes) is 3. The molecular formula is C6H12I2O2S. The highest BCUT2D eigenvalue weighted by Crippen LogP contribution is 2.08. The summed E-state index contributed by atoms with van der Waals surface area (Å²) in [5.74, 6) is 0.342. The minimum atomic E-state index is -2.74. The molecule has 0 amide bonds. The molecule has 5 heteroatoms. The molecule has 0 aromatic carbocycles. The minimum absolute atomic E-state index is 0.342. The molecule has 0 radical (unpaired) electrons. The Morgan fingerprint density at radius 1 is 1.00 bits per heavy atom. The lowest BCUT2D eigenvalue weighted by Gasteiger charge is -1.96. The van der Waals surface area contributed by atoms with Gasteiger partial charge in [-0.05, 0) is 17.3 Å². The van der Waals surface area contributed by atoms with Gasteiger partial charge in [0, 0.05) is 0 Å². The number of hydrogen-bond donors (Lipinski definition) is 0. The first-order chi connectivity index (χ1) is 5.06. The van der Waals surface area contributed by atoms with Crippen LogP contribution in [0.3, 0.4) is 0 Å². The number of hydrogen-bond acceptors (Lipinski definition) is 2. The molecule has 0 saturated heterocycles. The summed E-state index contributed by atoms with van der Waals surface area (Å²) >= 11 is 3.84. The normalized spacial score (nSPS) is 11.8. The second kappa shape index (κ2) is 6.88. The predicted octanol–water partition coefficient (Wildman–Crippen LogP) is 2.75. The molecule has 68 valence electrons. The summed E-state index contributed by atoms with van der Waals surface area (Å²) in [5.41, 5.74) is 0. The first-order valence-corrected chi connectivity index (χ1v) is 9.26. The van der Waals surface area contributed by atoms with Crippen molar-refractivity contribution in [1.82, 2.24) is 0 Å². The van der Waals surface area contributed by atoms with Crippen molar-refractivity contribution < 1.29 is 8.42 Å². The van der Waals surface area contributed by atoms with Gasteiger partial charge in [0.2, 0.25) is 7.01 Å². The summed E-state index contributed by atoms with van der Waals surface area (Å²) in [6.45, 7) is 0. The summed E-state index contributed by atoms with van der Waals surface area (Å²) in [6.07, 6.45) is 4.24. The van der Waals surface area contributed by atoms with Crippen molar-refractivity contribution in [2.45, 2.75) is 25.7 Å². The molecule has 0 N–H and O–H groups in total. The fourth-order valence-electron chi connectivity index (χ4n) is 0.723. The van der Waals surface area contributed by atoms with Crippen molar-refractivity contribution >= 4 is 50.8 Å². The highest BCUT2D eigenvalue weighted by Gasteiger charge is 2.02. The van der Waals surface area contributed by atoms with Crippen LogP contribution in [0.1, 0.15) is 25.7 Å². The van der Waals surface area contributed by atoms with Crippen LogP contribution in [0.5, 0.6) is 0 Å². The van der Waals surface area contributed by atoms with Crippen LogP contribution in [-0.4, -0.2) is 18.6 Å². The van der Waals surface area contributed by atoms with Crippen molar-refractivity contribution in [3.8, 4) is 0 Å². The van der Waals surface area contributed by atoms with E-state index in [0.29, 0.717) is 5.75 Å². The lowest BCUT2D eigenvalue weighted by molar-refractivity contribution is 0.606. The van der Waals surface area contributed by atoms with Crippen LogP contribution in [0.4, 0.5) is 0 Å². The summed E-state index contributed by atoms with van der Waals surface area (Å²) < 4.78 is 22.5. The molecule has 0 bridgehead atoms. The maximum atomic E-state index is 10.6. The largest absolute Gasteiger partial charge is 0.218 e. The van der Waals surface area contributed by atoms with Crippen molar-refractivity contribution in [3.63, 3.8) is 0 Å². The Morgan fingerprint density at radius 2 is 1.55 bits per heavy atom. The molecule has 0 aliphatic rings. The van der Waals surface area contributed by atoms with Crippen LogP contribution in [0.2, 0.25) is 0 Å². The molecule has 0 rings (SSSR count). The Balaban J connectivity index is 3.16. The van der Waals surface area contributed by atoms with Crippen LogP contribution in [0, 0.1) is 0 Å². The second-order valence-electron chi connectivity index (χ2n) is 2.35. The van der Waals surface area contributed by atoms with Gasteiger partial charge in [0.25, 0.3) is 0 Å². The zero-order chi connectivity index (χ0) is 8.74. The van der Waals surface area contributed by atoms with Gasteiger partial charge in [0.05, 0.1) is 27.0 Å². The molecule has 0 fully saturated rings.